The third-order valence-corrected chi connectivity index (χ3v) is 4.64. The summed E-state index contributed by atoms with van der Waals surface area (Å²) < 4.78 is 10.8. The Hall–Kier alpha value is -3.13. The number of phenolic OH excluding ortho intramolecular Hbond substituents is 1. The summed E-state index contributed by atoms with van der Waals surface area (Å²) in [5, 5.41) is 14.5. The van der Waals surface area contributed by atoms with Gasteiger partial charge in [-0.25, -0.2) is 5.43 Å². The molecular formula is C20H18BrN3O4. The Morgan fingerprint density at radius 1 is 1.21 bits per heavy atom. The predicted molar refractivity (Wildman–Crippen MR) is 110 cm³/mol. The third kappa shape index (κ3) is 4.07. The molecule has 1 amide bonds. The van der Waals surface area contributed by atoms with Crippen molar-refractivity contribution >= 4 is 39.0 Å². The molecule has 3 rings (SSSR count). The van der Waals surface area contributed by atoms with Crippen molar-refractivity contribution in [1.82, 2.24) is 10.4 Å². The van der Waals surface area contributed by atoms with Crippen LogP contribution in [-0.2, 0) is 0 Å². The van der Waals surface area contributed by atoms with Gasteiger partial charge in [-0.3, -0.25) is 9.78 Å². The van der Waals surface area contributed by atoms with Crippen molar-refractivity contribution in [2.45, 2.75) is 6.92 Å². The monoisotopic (exact) mass is 443 g/mol. The molecule has 2 N–H and O–H groups in total. The number of rotatable bonds is 5. The van der Waals surface area contributed by atoms with E-state index in [1.165, 1.54) is 13.3 Å². The molecule has 1 heterocycles. The summed E-state index contributed by atoms with van der Waals surface area (Å²) >= 11 is 3.25. The van der Waals surface area contributed by atoms with Crippen LogP contribution in [-0.4, -0.2) is 36.4 Å². The summed E-state index contributed by atoms with van der Waals surface area (Å²) in [4.78, 5) is 17.1. The molecule has 3 aromatic rings. The van der Waals surface area contributed by atoms with Gasteiger partial charge in [0.05, 0.1) is 36.0 Å². The van der Waals surface area contributed by atoms with Crippen molar-refractivity contribution in [2.24, 2.45) is 5.10 Å². The van der Waals surface area contributed by atoms with E-state index in [-0.39, 0.29) is 11.7 Å². The van der Waals surface area contributed by atoms with E-state index < -0.39 is 0 Å². The quantitative estimate of drug-likeness (QED) is 0.462. The standard InChI is InChI=1S/C20H18BrN3O4/c1-11-6-15(14-9-13(27-2)4-5-17(14)23-11)20(26)24-22-10-12-7-16(21)19(25)18(8-12)28-3/h4-10,25H,1-3H3,(H,24,26). The summed E-state index contributed by atoms with van der Waals surface area (Å²) in [6, 6.07) is 10.3. The number of aryl methyl sites for hydroxylation is 1. The maximum atomic E-state index is 12.7. The first-order valence-corrected chi connectivity index (χ1v) is 9.07. The number of carbonyl (C=O) groups excluding carboxylic acids is 1. The summed E-state index contributed by atoms with van der Waals surface area (Å²) in [5.41, 5.74) is 5.02. The van der Waals surface area contributed by atoms with Gasteiger partial charge in [-0.1, -0.05) is 0 Å². The zero-order valence-corrected chi connectivity index (χ0v) is 17.1. The molecule has 0 spiro atoms. The van der Waals surface area contributed by atoms with Crippen molar-refractivity contribution in [2.75, 3.05) is 14.2 Å². The highest BCUT2D eigenvalue weighted by molar-refractivity contribution is 9.10. The van der Waals surface area contributed by atoms with E-state index >= 15 is 0 Å². The number of aromatic hydroxyl groups is 1. The minimum Gasteiger partial charge on any atom is -0.503 e. The van der Waals surface area contributed by atoms with Crippen LogP contribution in [0.15, 0.2) is 46.0 Å². The number of hydrazone groups is 1. The number of benzene rings is 2. The SMILES string of the molecule is COc1ccc2nc(C)cc(C(=O)NN=Cc3cc(Br)c(O)c(OC)c3)c2c1. The van der Waals surface area contributed by atoms with Crippen molar-refractivity contribution in [3.63, 3.8) is 0 Å². The normalized spacial score (nSPS) is 11.0. The number of fused-ring (bicyclic) bond motifs is 1. The second kappa shape index (κ2) is 8.26. The van der Waals surface area contributed by atoms with Crippen LogP contribution >= 0.6 is 15.9 Å². The minimum atomic E-state index is -0.371. The predicted octanol–water partition coefficient (Wildman–Crippen LogP) is 3.79. The van der Waals surface area contributed by atoms with Crippen molar-refractivity contribution in [3.05, 3.63) is 57.7 Å². The fourth-order valence-corrected chi connectivity index (χ4v) is 3.16. The number of phenols is 1. The van der Waals surface area contributed by atoms with Crippen LogP contribution in [0, 0.1) is 6.92 Å². The summed E-state index contributed by atoms with van der Waals surface area (Å²) in [6.07, 6.45) is 1.46. The van der Waals surface area contributed by atoms with Crippen molar-refractivity contribution < 1.29 is 19.4 Å². The molecule has 0 unspecified atom stereocenters. The molecular weight excluding hydrogens is 426 g/mol. The average molecular weight is 444 g/mol. The Bertz CT molecular complexity index is 1080. The van der Waals surface area contributed by atoms with Gasteiger partial charge < -0.3 is 14.6 Å². The maximum absolute atomic E-state index is 12.7. The van der Waals surface area contributed by atoms with Gasteiger partial charge in [0.2, 0.25) is 0 Å². The van der Waals surface area contributed by atoms with Gasteiger partial charge in [-0.2, -0.15) is 5.10 Å². The number of amides is 1. The van der Waals surface area contributed by atoms with Crippen LogP contribution in [0.25, 0.3) is 10.9 Å². The van der Waals surface area contributed by atoms with Crippen LogP contribution in [0.4, 0.5) is 0 Å². The molecule has 0 aliphatic carbocycles. The first-order chi connectivity index (χ1) is 13.4. The summed E-state index contributed by atoms with van der Waals surface area (Å²) in [7, 11) is 3.02. The zero-order valence-electron chi connectivity index (χ0n) is 15.5. The zero-order chi connectivity index (χ0) is 20.3. The van der Waals surface area contributed by atoms with Crippen molar-refractivity contribution in [1.29, 1.82) is 0 Å². The number of hydrogen-bond donors (Lipinski definition) is 2. The molecule has 7 nitrogen and oxygen atoms in total. The van der Waals surface area contributed by atoms with E-state index in [1.54, 1.807) is 37.4 Å². The van der Waals surface area contributed by atoms with Gasteiger partial charge in [0.25, 0.3) is 5.91 Å². The van der Waals surface area contributed by atoms with Crippen LogP contribution in [0.5, 0.6) is 17.2 Å². The number of nitrogens with one attached hydrogen (secondary N) is 1. The van der Waals surface area contributed by atoms with Gasteiger partial charge in [-0.05, 0) is 64.8 Å². The lowest BCUT2D eigenvalue weighted by Gasteiger charge is -2.08. The summed E-state index contributed by atoms with van der Waals surface area (Å²) in [5.74, 6) is 0.558. The fraction of sp³-hybridized carbons (Fsp3) is 0.150. The molecule has 0 atom stereocenters. The first kappa shape index (κ1) is 19.6. The van der Waals surface area contributed by atoms with Gasteiger partial charge in [0.15, 0.2) is 11.5 Å². The minimum absolute atomic E-state index is 0.00337. The molecule has 0 bridgehead atoms. The molecule has 0 radical (unpaired) electrons. The molecule has 0 saturated carbocycles. The van der Waals surface area contributed by atoms with Gasteiger partial charge in [0, 0.05) is 11.1 Å². The molecule has 144 valence electrons. The van der Waals surface area contributed by atoms with E-state index in [0.717, 1.165) is 5.69 Å². The number of aromatic nitrogens is 1. The highest BCUT2D eigenvalue weighted by atomic mass is 79.9. The van der Waals surface area contributed by atoms with Gasteiger partial charge >= 0.3 is 0 Å². The van der Waals surface area contributed by atoms with E-state index in [2.05, 4.69) is 31.4 Å². The van der Waals surface area contributed by atoms with Gasteiger partial charge in [0.1, 0.15) is 5.75 Å². The number of hydrogen-bond acceptors (Lipinski definition) is 6. The molecule has 1 aromatic heterocycles. The van der Waals surface area contributed by atoms with E-state index in [0.29, 0.717) is 38.0 Å². The number of ether oxygens (including phenoxy) is 2. The van der Waals surface area contributed by atoms with Crippen LogP contribution in [0.1, 0.15) is 21.6 Å². The lowest BCUT2D eigenvalue weighted by molar-refractivity contribution is 0.0956. The topological polar surface area (TPSA) is 93.0 Å². The Balaban J connectivity index is 1.87. The van der Waals surface area contributed by atoms with Crippen molar-refractivity contribution in [3.8, 4) is 17.2 Å². The Labute approximate surface area is 170 Å². The smallest absolute Gasteiger partial charge is 0.272 e. The molecule has 2 aromatic carbocycles. The van der Waals surface area contributed by atoms with E-state index in [9.17, 15) is 9.90 Å². The van der Waals surface area contributed by atoms with E-state index in [4.69, 9.17) is 9.47 Å². The van der Waals surface area contributed by atoms with E-state index in [1.807, 2.05) is 13.0 Å². The van der Waals surface area contributed by atoms with Gasteiger partial charge in [-0.15, -0.1) is 0 Å². The van der Waals surface area contributed by atoms with Crippen LogP contribution in [0.2, 0.25) is 0 Å². The molecule has 0 fully saturated rings. The average Bonchev–Trinajstić information content (AvgIpc) is 2.69. The molecule has 0 aliphatic heterocycles. The molecule has 0 saturated heterocycles. The summed E-state index contributed by atoms with van der Waals surface area (Å²) in [6.45, 7) is 1.82. The Kier molecular flexibility index (Phi) is 5.79. The second-order valence-electron chi connectivity index (χ2n) is 5.95. The second-order valence-corrected chi connectivity index (χ2v) is 6.80. The highest BCUT2D eigenvalue weighted by Crippen LogP contribution is 2.34. The molecule has 0 aliphatic rings. The molecule has 28 heavy (non-hydrogen) atoms. The highest BCUT2D eigenvalue weighted by Gasteiger charge is 2.13. The Morgan fingerprint density at radius 2 is 2.00 bits per heavy atom. The Morgan fingerprint density at radius 3 is 2.71 bits per heavy atom. The lowest BCUT2D eigenvalue weighted by atomic mass is 10.1. The lowest BCUT2D eigenvalue weighted by Crippen LogP contribution is -2.18. The number of halogens is 1. The maximum Gasteiger partial charge on any atom is 0.272 e. The number of carbonyl (C=O) groups is 1. The largest absolute Gasteiger partial charge is 0.503 e. The fourth-order valence-electron chi connectivity index (χ4n) is 2.70. The van der Waals surface area contributed by atoms with Crippen LogP contribution < -0.4 is 14.9 Å². The number of pyridine rings is 1. The number of methoxy groups -OCH3 is 2. The van der Waals surface area contributed by atoms with Crippen LogP contribution in [0.3, 0.4) is 0 Å². The first-order valence-electron chi connectivity index (χ1n) is 8.28. The number of nitrogens with zero attached hydrogens (tertiary/aromatic N) is 2. The third-order valence-electron chi connectivity index (χ3n) is 4.04. The molecule has 8 heteroatoms.